The van der Waals surface area contributed by atoms with E-state index >= 15 is 0 Å². The number of likely N-dealkylation sites (N-methyl/N-ethyl adjacent to an activating group) is 1. The van der Waals surface area contributed by atoms with E-state index in [9.17, 15) is 4.79 Å². The molecule has 3 heteroatoms. The number of carbonyl (C=O) groups is 1. The molecule has 1 fully saturated rings. The van der Waals surface area contributed by atoms with E-state index in [-0.39, 0.29) is 17.9 Å². The van der Waals surface area contributed by atoms with Crippen molar-refractivity contribution in [3.05, 3.63) is 0 Å². The normalized spacial score (nSPS) is 30.7. The monoisotopic (exact) mass is 227 g/mol. The highest BCUT2D eigenvalue weighted by atomic mass is 16.5. The molecule has 0 heterocycles. The fourth-order valence-electron chi connectivity index (χ4n) is 2.54. The minimum atomic E-state index is -0.262. The van der Waals surface area contributed by atoms with Crippen molar-refractivity contribution < 1.29 is 9.53 Å². The molecular formula is C13H25NO2. The lowest BCUT2D eigenvalue weighted by molar-refractivity contribution is -0.137. The van der Waals surface area contributed by atoms with Gasteiger partial charge in [-0.3, -0.25) is 9.69 Å². The molecule has 0 spiro atoms. The molecule has 0 N–H and O–H groups in total. The summed E-state index contributed by atoms with van der Waals surface area (Å²) in [6, 6.07) is 0. The summed E-state index contributed by atoms with van der Waals surface area (Å²) in [5.41, 5.74) is -0.262. The van der Waals surface area contributed by atoms with Gasteiger partial charge in [-0.25, -0.2) is 0 Å². The van der Waals surface area contributed by atoms with Crippen molar-refractivity contribution in [2.24, 2.45) is 5.92 Å². The van der Waals surface area contributed by atoms with Crippen LogP contribution in [0.15, 0.2) is 0 Å². The molecule has 0 unspecified atom stereocenters. The van der Waals surface area contributed by atoms with E-state index in [0.717, 1.165) is 31.6 Å². The Balaban J connectivity index is 2.69. The van der Waals surface area contributed by atoms with Gasteiger partial charge < -0.3 is 4.74 Å². The summed E-state index contributed by atoms with van der Waals surface area (Å²) < 4.78 is 5.27. The van der Waals surface area contributed by atoms with Crippen LogP contribution in [-0.2, 0) is 9.53 Å². The molecule has 0 aromatic heterocycles. The lowest BCUT2D eigenvalue weighted by Gasteiger charge is -2.43. The maximum absolute atomic E-state index is 12.3. The van der Waals surface area contributed by atoms with Gasteiger partial charge in [0.25, 0.3) is 0 Å². The second-order valence-electron chi connectivity index (χ2n) is 5.17. The lowest BCUT2D eigenvalue weighted by atomic mass is 9.74. The second-order valence-corrected chi connectivity index (χ2v) is 5.17. The zero-order valence-corrected chi connectivity index (χ0v) is 11.1. The smallest absolute Gasteiger partial charge is 0.178 e. The van der Waals surface area contributed by atoms with E-state index in [0.29, 0.717) is 6.61 Å². The molecule has 3 nitrogen and oxygen atoms in total. The van der Waals surface area contributed by atoms with Gasteiger partial charge in [-0.05, 0) is 52.6 Å². The standard InChI is InChI=1S/C13H25NO2/c1-5-16-10-12(15)13(14(3)4)8-6-11(2)7-9-13/h11H,5-10H2,1-4H3. The molecule has 0 bridgehead atoms. The van der Waals surface area contributed by atoms with Gasteiger partial charge in [0.2, 0.25) is 0 Å². The molecule has 1 aliphatic carbocycles. The van der Waals surface area contributed by atoms with E-state index < -0.39 is 0 Å². The molecule has 94 valence electrons. The largest absolute Gasteiger partial charge is 0.374 e. The molecule has 0 radical (unpaired) electrons. The number of carbonyl (C=O) groups excluding carboxylic acids is 1. The number of nitrogens with zero attached hydrogens (tertiary/aromatic N) is 1. The first-order valence-corrected chi connectivity index (χ1v) is 6.31. The maximum Gasteiger partial charge on any atom is 0.178 e. The summed E-state index contributed by atoms with van der Waals surface area (Å²) in [7, 11) is 4.03. The van der Waals surface area contributed by atoms with Crippen molar-refractivity contribution in [2.75, 3.05) is 27.3 Å². The van der Waals surface area contributed by atoms with Crippen LogP contribution in [-0.4, -0.2) is 43.5 Å². The summed E-state index contributed by atoms with van der Waals surface area (Å²) in [5, 5.41) is 0. The number of ether oxygens (including phenoxy) is 1. The molecule has 1 aliphatic rings. The predicted octanol–water partition coefficient (Wildman–Crippen LogP) is 2.10. The SMILES string of the molecule is CCOCC(=O)C1(N(C)C)CCC(C)CC1. The van der Waals surface area contributed by atoms with Crippen LogP contribution >= 0.6 is 0 Å². The Bertz CT molecular complexity index is 230. The van der Waals surface area contributed by atoms with Gasteiger partial charge in [-0.2, -0.15) is 0 Å². The van der Waals surface area contributed by atoms with Gasteiger partial charge in [0, 0.05) is 6.61 Å². The number of rotatable bonds is 5. The quantitative estimate of drug-likeness (QED) is 0.720. The summed E-state index contributed by atoms with van der Waals surface area (Å²) in [5.74, 6) is 1.01. The molecule has 0 atom stereocenters. The summed E-state index contributed by atoms with van der Waals surface area (Å²) in [4.78, 5) is 14.4. The third-order valence-electron chi connectivity index (χ3n) is 3.91. The van der Waals surface area contributed by atoms with Crippen LogP contribution in [0.25, 0.3) is 0 Å². The van der Waals surface area contributed by atoms with Crippen LogP contribution in [0.5, 0.6) is 0 Å². The van der Waals surface area contributed by atoms with Crippen molar-refractivity contribution in [3.63, 3.8) is 0 Å². The summed E-state index contributed by atoms with van der Waals surface area (Å²) in [6.45, 7) is 5.08. The van der Waals surface area contributed by atoms with Crippen molar-refractivity contribution in [1.29, 1.82) is 0 Å². The highest BCUT2D eigenvalue weighted by Gasteiger charge is 2.42. The van der Waals surface area contributed by atoms with Crippen molar-refractivity contribution in [2.45, 2.75) is 45.1 Å². The average Bonchev–Trinajstić information content (AvgIpc) is 2.26. The van der Waals surface area contributed by atoms with Crippen molar-refractivity contribution in [1.82, 2.24) is 4.90 Å². The Labute approximate surface area is 99.1 Å². The zero-order valence-electron chi connectivity index (χ0n) is 11.1. The fourth-order valence-corrected chi connectivity index (χ4v) is 2.54. The van der Waals surface area contributed by atoms with Crippen molar-refractivity contribution >= 4 is 5.78 Å². The zero-order chi connectivity index (χ0) is 12.2. The Morgan fingerprint density at radius 2 is 1.94 bits per heavy atom. The Morgan fingerprint density at radius 3 is 2.38 bits per heavy atom. The van der Waals surface area contributed by atoms with Gasteiger partial charge in [-0.15, -0.1) is 0 Å². The van der Waals surface area contributed by atoms with Crippen LogP contribution in [0.1, 0.15) is 39.5 Å². The topological polar surface area (TPSA) is 29.5 Å². The van der Waals surface area contributed by atoms with Crippen LogP contribution in [0, 0.1) is 5.92 Å². The third kappa shape index (κ3) is 2.83. The van der Waals surface area contributed by atoms with E-state index in [2.05, 4.69) is 11.8 Å². The summed E-state index contributed by atoms with van der Waals surface area (Å²) in [6.07, 6.45) is 4.26. The maximum atomic E-state index is 12.3. The lowest BCUT2D eigenvalue weighted by Crippen LogP contribution is -2.54. The van der Waals surface area contributed by atoms with Gasteiger partial charge in [0.05, 0.1) is 5.54 Å². The molecule has 0 aromatic rings. The molecule has 0 aromatic carbocycles. The Morgan fingerprint density at radius 1 is 1.38 bits per heavy atom. The van der Waals surface area contributed by atoms with E-state index in [1.165, 1.54) is 0 Å². The Hall–Kier alpha value is -0.410. The van der Waals surface area contributed by atoms with E-state index in [1.54, 1.807) is 0 Å². The van der Waals surface area contributed by atoms with Crippen LogP contribution < -0.4 is 0 Å². The first kappa shape index (κ1) is 13.7. The highest BCUT2D eigenvalue weighted by Crippen LogP contribution is 2.35. The van der Waals surface area contributed by atoms with Crippen LogP contribution in [0.3, 0.4) is 0 Å². The molecule has 1 rings (SSSR count). The highest BCUT2D eigenvalue weighted by molar-refractivity contribution is 5.89. The van der Waals surface area contributed by atoms with Gasteiger partial charge in [0.15, 0.2) is 5.78 Å². The third-order valence-corrected chi connectivity index (χ3v) is 3.91. The van der Waals surface area contributed by atoms with Crippen LogP contribution in [0.4, 0.5) is 0 Å². The number of hydrogen-bond donors (Lipinski definition) is 0. The number of hydrogen-bond acceptors (Lipinski definition) is 3. The minimum absolute atomic E-state index is 0.256. The molecule has 1 saturated carbocycles. The van der Waals surface area contributed by atoms with Crippen molar-refractivity contribution in [3.8, 4) is 0 Å². The molecule has 0 amide bonds. The van der Waals surface area contributed by atoms with E-state index in [4.69, 9.17) is 4.74 Å². The molecule has 16 heavy (non-hydrogen) atoms. The molecule has 0 aliphatic heterocycles. The Kier molecular flexibility index (Phi) is 4.93. The molecule has 0 saturated heterocycles. The predicted molar refractivity (Wildman–Crippen MR) is 65.6 cm³/mol. The number of ketones is 1. The first-order chi connectivity index (χ1) is 7.53. The average molecular weight is 227 g/mol. The van der Waals surface area contributed by atoms with Gasteiger partial charge in [0.1, 0.15) is 6.61 Å². The first-order valence-electron chi connectivity index (χ1n) is 6.31. The summed E-state index contributed by atoms with van der Waals surface area (Å²) >= 11 is 0. The second kappa shape index (κ2) is 5.78. The fraction of sp³-hybridized carbons (Fsp3) is 0.923. The van der Waals surface area contributed by atoms with Gasteiger partial charge >= 0.3 is 0 Å². The number of Topliss-reactive ketones (excluding diaryl/α,β-unsaturated/α-hetero) is 1. The van der Waals surface area contributed by atoms with E-state index in [1.807, 2.05) is 21.0 Å². The molecular weight excluding hydrogens is 202 g/mol. The van der Waals surface area contributed by atoms with Crippen LogP contribution in [0.2, 0.25) is 0 Å². The minimum Gasteiger partial charge on any atom is -0.374 e. The van der Waals surface area contributed by atoms with Gasteiger partial charge in [-0.1, -0.05) is 6.92 Å².